The van der Waals surface area contributed by atoms with Crippen molar-refractivity contribution in [1.82, 2.24) is 0 Å². The maximum Gasteiger partial charge on any atom is 0.307 e. The van der Waals surface area contributed by atoms with Crippen molar-refractivity contribution >= 4 is 11.7 Å². The van der Waals surface area contributed by atoms with Crippen LogP contribution in [0.15, 0.2) is 30.3 Å². The highest BCUT2D eigenvalue weighted by Gasteiger charge is 2.01. The summed E-state index contributed by atoms with van der Waals surface area (Å²) in [6.45, 7) is 3.31. The van der Waals surface area contributed by atoms with E-state index in [-0.39, 0.29) is 5.97 Å². The molecule has 0 unspecified atom stereocenters. The van der Waals surface area contributed by atoms with Crippen LogP contribution in [0, 0.1) is 0 Å². The van der Waals surface area contributed by atoms with Crippen LogP contribution in [0.25, 0.3) is 0 Å². The van der Waals surface area contributed by atoms with Crippen LogP contribution in [0.2, 0.25) is 0 Å². The van der Waals surface area contributed by atoms with Crippen molar-refractivity contribution in [3.05, 3.63) is 30.3 Å². The van der Waals surface area contributed by atoms with Gasteiger partial charge in [-0.3, -0.25) is 4.79 Å². The van der Waals surface area contributed by atoms with E-state index in [2.05, 4.69) is 12.2 Å². The number of hydrogen-bond donors (Lipinski definition) is 1. The number of ether oxygens (including phenoxy) is 1. The second-order valence-electron chi connectivity index (χ2n) is 3.97. The van der Waals surface area contributed by atoms with E-state index >= 15 is 0 Å². The van der Waals surface area contributed by atoms with Crippen molar-refractivity contribution in [1.29, 1.82) is 0 Å². The van der Waals surface area contributed by atoms with Gasteiger partial charge in [-0.1, -0.05) is 38.0 Å². The normalized spacial score (nSPS) is 9.94. The summed E-state index contributed by atoms with van der Waals surface area (Å²) in [6.07, 6.45) is 3.65. The molecule has 0 saturated carbocycles. The van der Waals surface area contributed by atoms with E-state index in [0.717, 1.165) is 24.9 Å². The maximum atomic E-state index is 11.3. The molecule has 0 radical (unpaired) electrons. The molecule has 0 saturated heterocycles. The number of carbonyl (C=O) groups excluding carboxylic acids is 1. The van der Waals surface area contributed by atoms with Crippen LogP contribution in [-0.2, 0) is 9.53 Å². The van der Waals surface area contributed by atoms with E-state index in [9.17, 15) is 4.79 Å². The number of hydrogen-bond acceptors (Lipinski definition) is 3. The average Bonchev–Trinajstić information content (AvgIpc) is 2.36. The quantitative estimate of drug-likeness (QED) is 0.555. The Balaban J connectivity index is 2.04. The van der Waals surface area contributed by atoms with E-state index in [1.54, 1.807) is 0 Å². The van der Waals surface area contributed by atoms with E-state index < -0.39 is 0 Å². The molecule has 0 atom stereocenters. The molecule has 0 aliphatic rings. The third-order valence-electron chi connectivity index (χ3n) is 2.44. The number of rotatable bonds is 8. The zero-order chi connectivity index (χ0) is 12.3. The van der Waals surface area contributed by atoms with Gasteiger partial charge in [-0.05, 0) is 18.6 Å². The Hall–Kier alpha value is -1.51. The lowest BCUT2D eigenvalue weighted by molar-refractivity contribution is -0.143. The first-order valence-corrected chi connectivity index (χ1v) is 6.27. The van der Waals surface area contributed by atoms with Crippen molar-refractivity contribution < 1.29 is 9.53 Å². The summed E-state index contributed by atoms with van der Waals surface area (Å²) in [5, 5.41) is 3.18. The number of nitrogens with one attached hydrogen (secondary N) is 1. The summed E-state index contributed by atoms with van der Waals surface area (Å²) in [5.74, 6) is -0.121. The molecular formula is C14H21NO2. The van der Waals surface area contributed by atoms with Crippen molar-refractivity contribution in [2.45, 2.75) is 32.6 Å². The molecule has 3 nitrogen and oxygen atoms in total. The highest BCUT2D eigenvalue weighted by Crippen LogP contribution is 2.04. The summed E-state index contributed by atoms with van der Waals surface area (Å²) >= 11 is 0. The predicted molar refractivity (Wildman–Crippen MR) is 70.0 cm³/mol. The molecule has 1 rings (SSSR count). The van der Waals surface area contributed by atoms with Gasteiger partial charge in [0.2, 0.25) is 0 Å². The molecule has 94 valence electrons. The molecule has 0 aromatic heterocycles. The largest absolute Gasteiger partial charge is 0.466 e. The number of esters is 1. The van der Waals surface area contributed by atoms with Crippen LogP contribution in [-0.4, -0.2) is 19.1 Å². The lowest BCUT2D eigenvalue weighted by Crippen LogP contribution is -2.12. The monoisotopic (exact) mass is 235 g/mol. The van der Waals surface area contributed by atoms with Gasteiger partial charge in [-0.25, -0.2) is 0 Å². The molecule has 0 fully saturated rings. The first kappa shape index (κ1) is 13.6. The summed E-state index contributed by atoms with van der Waals surface area (Å²) in [4.78, 5) is 11.3. The molecule has 0 spiro atoms. The minimum atomic E-state index is -0.121. The first-order chi connectivity index (χ1) is 8.33. The smallest absolute Gasteiger partial charge is 0.307 e. The van der Waals surface area contributed by atoms with E-state index in [1.807, 2.05) is 30.3 Å². The fraction of sp³-hybridized carbons (Fsp3) is 0.500. The summed E-state index contributed by atoms with van der Waals surface area (Å²) in [5.41, 5.74) is 1.03. The molecule has 1 aromatic rings. The summed E-state index contributed by atoms with van der Waals surface area (Å²) < 4.78 is 5.10. The topological polar surface area (TPSA) is 38.3 Å². The fourth-order valence-corrected chi connectivity index (χ4v) is 1.48. The molecule has 0 heterocycles. The molecule has 3 heteroatoms. The molecule has 0 amide bonds. The Labute approximate surface area is 103 Å². The molecule has 0 aliphatic heterocycles. The third kappa shape index (κ3) is 6.61. The standard InChI is InChI=1S/C14H21NO2/c1-2-3-7-12-17-14(16)10-11-15-13-8-5-4-6-9-13/h4-6,8-9,15H,2-3,7,10-12H2,1H3. The second-order valence-corrected chi connectivity index (χ2v) is 3.97. The Morgan fingerprint density at radius 2 is 2.00 bits per heavy atom. The second kappa shape index (κ2) is 8.62. The summed E-state index contributed by atoms with van der Waals surface area (Å²) in [6, 6.07) is 9.85. The van der Waals surface area contributed by atoms with Crippen molar-refractivity contribution in [2.75, 3.05) is 18.5 Å². The Morgan fingerprint density at radius 1 is 1.24 bits per heavy atom. The lowest BCUT2D eigenvalue weighted by Gasteiger charge is -2.06. The number of unbranched alkanes of at least 4 members (excludes halogenated alkanes) is 2. The zero-order valence-electron chi connectivity index (χ0n) is 10.4. The molecule has 17 heavy (non-hydrogen) atoms. The van der Waals surface area contributed by atoms with E-state index in [0.29, 0.717) is 19.6 Å². The number of carbonyl (C=O) groups is 1. The zero-order valence-corrected chi connectivity index (χ0v) is 10.4. The van der Waals surface area contributed by atoms with Crippen LogP contribution in [0.5, 0.6) is 0 Å². The first-order valence-electron chi connectivity index (χ1n) is 6.27. The lowest BCUT2D eigenvalue weighted by atomic mass is 10.3. The van der Waals surface area contributed by atoms with Crippen LogP contribution >= 0.6 is 0 Å². The maximum absolute atomic E-state index is 11.3. The molecule has 1 aromatic carbocycles. The van der Waals surface area contributed by atoms with E-state index in [4.69, 9.17) is 4.74 Å². The van der Waals surface area contributed by atoms with Gasteiger partial charge in [0, 0.05) is 12.2 Å². The predicted octanol–water partition coefficient (Wildman–Crippen LogP) is 3.22. The van der Waals surface area contributed by atoms with Gasteiger partial charge >= 0.3 is 5.97 Å². The molecule has 0 bridgehead atoms. The minimum Gasteiger partial charge on any atom is -0.466 e. The number of benzene rings is 1. The van der Waals surface area contributed by atoms with Gasteiger partial charge in [-0.15, -0.1) is 0 Å². The Morgan fingerprint density at radius 3 is 2.71 bits per heavy atom. The van der Waals surface area contributed by atoms with Gasteiger partial charge < -0.3 is 10.1 Å². The third-order valence-corrected chi connectivity index (χ3v) is 2.44. The van der Waals surface area contributed by atoms with Crippen LogP contribution in [0.1, 0.15) is 32.6 Å². The van der Waals surface area contributed by atoms with E-state index in [1.165, 1.54) is 0 Å². The van der Waals surface area contributed by atoms with Crippen LogP contribution in [0.4, 0.5) is 5.69 Å². The Kier molecular flexibility index (Phi) is 6.87. The Bertz CT molecular complexity index is 311. The fourth-order valence-electron chi connectivity index (χ4n) is 1.48. The van der Waals surface area contributed by atoms with Gasteiger partial charge in [0.15, 0.2) is 0 Å². The van der Waals surface area contributed by atoms with Gasteiger partial charge in [0.25, 0.3) is 0 Å². The highest BCUT2D eigenvalue weighted by atomic mass is 16.5. The number of anilines is 1. The van der Waals surface area contributed by atoms with Crippen LogP contribution < -0.4 is 5.32 Å². The van der Waals surface area contributed by atoms with Crippen molar-refractivity contribution in [2.24, 2.45) is 0 Å². The average molecular weight is 235 g/mol. The van der Waals surface area contributed by atoms with Crippen LogP contribution in [0.3, 0.4) is 0 Å². The summed E-state index contributed by atoms with van der Waals surface area (Å²) in [7, 11) is 0. The molecule has 0 aliphatic carbocycles. The minimum absolute atomic E-state index is 0.121. The molecular weight excluding hydrogens is 214 g/mol. The SMILES string of the molecule is CCCCCOC(=O)CCNc1ccccc1. The van der Waals surface area contributed by atoms with Gasteiger partial charge in [-0.2, -0.15) is 0 Å². The van der Waals surface area contributed by atoms with Gasteiger partial charge in [0.1, 0.15) is 0 Å². The van der Waals surface area contributed by atoms with Crippen molar-refractivity contribution in [3.63, 3.8) is 0 Å². The van der Waals surface area contributed by atoms with Crippen molar-refractivity contribution in [3.8, 4) is 0 Å². The molecule has 1 N–H and O–H groups in total. The number of para-hydroxylation sites is 1. The van der Waals surface area contributed by atoms with Gasteiger partial charge in [0.05, 0.1) is 13.0 Å². The highest BCUT2D eigenvalue weighted by molar-refractivity contribution is 5.70.